The molecular weight excluding hydrogens is 327 g/mol. The van der Waals surface area contributed by atoms with Gasteiger partial charge in [-0.3, -0.25) is 4.90 Å². The van der Waals surface area contributed by atoms with Crippen molar-refractivity contribution in [3.8, 4) is 0 Å². The Morgan fingerprint density at radius 1 is 1.04 bits per heavy atom. The molecule has 2 aliphatic rings. The number of alkyl halides is 1. The number of rotatable bonds is 5. The Hall–Kier alpha value is -1.91. The second-order valence-electron chi connectivity index (χ2n) is 7.47. The first kappa shape index (κ1) is 17.5. The van der Waals surface area contributed by atoms with E-state index in [1.807, 2.05) is 36.4 Å². The number of hydrogen-bond acceptors (Lipinski definition) is 3. The van der Waals surface area contributed by atoms with Crippen molar-refractivity contribution in [2.24, 2.45) is 0 Å². The molecule has 0 aliphatic carbocycles. The van der Waals surface area contributed by atoms with Gasteiger partial charge in [-0.05, 0) is 42.0 Å². The van der Waals surface area contributed by atoms with Crippen LogP contribution in [0.4, 0.5) is 10.1 Å². The Morgan fingerprint density at radius 2 is 1.81 bits per heavy atom. The fourth-order valence-electron chi connectivity index (χ4n) is 4.33. The highest BCUT2D eigenvalue weighted by Gasteiger charge is 2.30. The van der Waals surface area contributed by atoms with Crippen molar-refractivity contribution in [1.82, 2.24) is 4.90 Å². The van der Waals surface area contributed by atoms with Crippen molar-refractivity contribution >= 4 is 5.69 Å². The van der Waals surface area contributed by atoms with Gasteiger partial charge in [0.15, 0.2) is 0 Å². The predicted molar refractivity (Wildman–Crippen MR) is 103 cm³/mol. The van der Waals surface area contributed by atoms with E-state index in [0.29, 0.717) is 12.6 Å². The van der Waals surface area contributed by atoms with Crippen LogP contribution in [0.5, 0.6) is 0 Å². The Labute approximate surface area is 155 Å². The first-order chi connectivity index (χ1) is 12.7. The molecule has 3 nitrogen and oxygen atoms in total. The van der Waals surface area contributed by atoms with Gasteiger partial charge in [-0.2, -0.15) is 0 Å². The molecule has 0 saturated carbocycles. The van der Waals surface area contributed by atoms with E-state index in [9.17, 15) is 9.50 Å². The number of likely N-dealkylation sites (tertiary alicyclic amines) is 1. The minimum atomic E-state index is -0.910. The molecule has 0 spiro atoms. The fraction of sp³-hybridized carbons (Fsp3) is 0.455. The number of nitrogens with zero attached hydrogens (tertiary/aromatic N) is 2. The molecule has 0 radical (unpaired) electrons. The van der Waals surface area contributed by atoms with E-state index < -0.39 is 6.17 Å². The van der Waals surface area contributed by atoms with Gasteiger partial charge < -0.3 is 10.0 Å². The van der Waals surface area contributed by atoms with Crippen molar-refractivity contribution in [2.75, 3.05) is 31.1 Å². The Balaban J connectivity index is 1.35. The van der Waals surface area contributed by atoms with E-state index in [2.05, 4.69) is 21.9 Å². The van der Waals surface area contributed by atoms with Crippen LogP contribution in [0.25, 0.3) is 0 Å². The van der Waals surface area contributed by atoms with E-state index in [-0.39, 0.29) is 6.61 Å². The van der Waals surface area contributed by atoms with Crippen molar-refractivity contribution in [3.63, 3.8) is 0 Å². The van der Waals surface area contributed by atoms with Crippen LogP contribution in [0, 0.1) is 0 Å². The first-order valence-corrected chi connectivity index (χ1v) is 9.65. The molecule has 0 bridgehead atoms. The lowest BCUT2D eigenvalue weighted by Crippen LogP contribution is -2.45. The molecule has 1 N–H and O–H groups in total. The average Bonchev–Trinajstić information content (AvgIpc) is 3.12. The van der Waals surface area contributed by atoms with Gasteiger partial charge >= 0.3 is 0 Å². The van der Waals surface area contributed by atoms with Crippen LogP contribution in [-0.2, 0) is 13.0 Å². The largest absolute Gasteiger partial charge is 0.392 e. The summed E-state index contributed by atoms with van der Waals surface area (Å²) in [5.74, 6) is 0. The first-order valence-electron chi connectivity index (χ1n) is 9.65. The molecule has 2 aliphatic heterocycles. The third-order valence-corrected chi connectivity index (χ3v) is 5.84. The van der Waals surface area contributed by atoms with Gasteiger partial charge in [0.1, 0.15) is 6.17 Å². The Morgan fingerprint density at radius 3 is 2.54 bits per heavy atom. The third-order valence-electron chi connectivity index (χ3n) is 5.84. The van der Waals surface area contributed by atoms with Crippen LogP contribution in [0.2, 0.25) is 0 Å². The van der Waals surface area contributed by atoms with Crippen molar-refractivity contribution in [2.45, 2.75) is 38.1 Å². The number of fused-ring (bicyclic) bond motifs is 1. The third kappa shape index (κ3) is 3.62. The monoisotopic (exact) mass is 354 g/mol. The Kier molecular flexibility index (Phi) is 5.23. The van der Waals surface area contributed by atoms with Gasteiger partial charge in [-0.25, -0.2) is 4.39 Å². The topological polar surface area (TPSA) is 26.7 Å². The molecule has 1 unspecified atom stereocenters. The minimum Gasteiger partial charge on any atom is -0.392 e. The lowest BCUT2D eigenvalue weighted by Gasteiger charge is -2.38. The summed E-state index contributed by atoms with van der Waals surface area (Å²) in [5, 5.41) is 9.42. The zero-order valence-corrected chi connectivity index (χ0v) is 15.1. The van der Waals surface area contributed by atoms with E-state index in [1.165, 1.54) is 11.3 Å². The van der Waals surface area contributed by atoms with Gasteiger partial charge in [0.2, 0.25) is 0 Å². The lowest BCUT2D eigenvalue weighted by atomic mass is 10.0. The second-order valence-corrected chi connectivity index (χ2v) is 7.47. The molecule has 2 aromatic carbocycles. The maximum Gasteiger partial charge on any atom is 0.138 e. The van der Waals surface area contributed by atoms with E-state index in [4.69, 9.17) is 0 Å². The second kappa shape index (κ2) is 7.77. The number of piperidine rings is 1. The zero-order chi connectivity index (χ0) is 17.9. The SMILES string of the molecule is OCc1ccc2c(c1)N(C1CCN(CC(F)c3ccccc3)CC1)CC2. The number of hydrogen-bond donors (Lipinski definition) is 1. The van der Waals surface area contributed by atoms with Gasteiger partial charge in [-0.1, -0.05) is 42.5 Å². The lowest BCUT2D eigenvalue weighted by molar-refractivity contribution is 0.157. The number of anilines is 1. The molecular formula is C22H27FN2O. The smallest absolute Gasteiger partial charge is 0.138 e. The maximum absolute atomic E-state index is 14.5. The van der Waals surface area contributed by atoms with Crippen molar-refractivity contribution < 1.29 is 9.50 Å². The van der Waals surface area contributed by atoms with Crippen LogP contribution in [-0.4, -0.2) is 42.2 Å². The molecule has 1 atom stereocenters. The summed E-state index contributed by atoms with van der Waals surface area (Å²) < 4.78 is 14.5. The number of aliphatic hydroxyl groups excluding tert-OH is 1. The minimum absolute atomic E-state index is 0.0942. The summed E-state index contributed by atoms with van der Waals surface area (Å²) in [6.07, 6.45) is 2.32. The van der Waals surface area contributed by atoms with E-state index >= 15 is 0 Å². The van der Waals surface area contributed by atoms with E-state index in [0.717, 1.165) is 50.0 Å². The summed E-state index contributed by atoms with van der Waals surface area (Å²) in [7, 11) is 0. The van der Waals surface area contributed by atoms with Gasteiger partial charge in [-0.15, -0.1) is 0 Å². The van der Waals surface area contributed by atoms with Gasteiger partial charge in [0.05, 0.1) is 6.61 Å². The number of halogens is 1. The molecule has 0 aromatic heterocycles. The predicted octanol–water partition coefficient (Wildman–Crippen LogP) is 3.72. The van der Waals surface area contributed by atoms with Crippen LogP contribution in [0.15, 0.2) is 48.5 Å². The van der Waals surface area contributed by atoms with Crippen LogP contribution >= 0.6 is 0 Å². The van der Waals surface area contributed by atoms with Crippen molar-refractivity contribution in [1.29, 1.82) is 0 Å². The van der Waals surface area contributed by atoms with Gasteiger partial charge in [0, 0.05) is 37.9 Å². The van der Waals surface area contributed by atoms with Crippen molar-refractivity contribution in [3.05, 3.63) is 65.2 Å². The molecule has 0 amide bonds. The molecule has 1 saturated heterocycles. The highest BCUT2D eigenvalue weighted by atomic mass is 19.1. The number of benzene rings is 2. The summed E-state index contributed by atoms with van der Waals surface area (Å²) in [6, 6.07) is 16.3. The average molecular weight is 354 g/mol. The molecule has 4 heteroatoms. The summed E-state index contributed by atoms with van der Waals surface area (Å²) in [6.45, 7) is 3.54. The highest BCUT2D eigenvalue weighted by Crippen LogP contribution is 2.34. The molecule has 138 valence electrons. The highest BCUT2D eigenvalue weighted by molar-refractivity contribution is 5.60. The normalized spacial score (nSPS) is 19.5. The van der Waals surface area contributed by atoms with Crippen LogP contribution < -0.4 is 4.90 Å². The quantitative estimate of drug-likeness (QED) is 0.887. The van der Waals surface area contributed by atoms with E-state index in [1.54, 1.807) is 0 Å². The van der Waals surface area contributed by atoms with Crippen LogP contribution in [0.1, 0.15) is 35.7 Å². The van der Waals surface area contributed by atoms with Gasteiger partial charge in [0.25, 0.3) is 0 Å². The summed E-state index contributed by atoms with van der Waals surface area (Å²) in [5.41, 5.74) is 4.44. The summed E-state index contributed by atoms with van der Waals surface area (Å²) in [4.78, 5) is 4.77. The fourth-order valence-corrected chi connectivity index (χ4v) is 4.33. The molecule has 26 heavy (non-hydrogen) atoms. The number of aliphatic hydroxyl groups is 1. The maximum atomic E-state index is 14.5. The Bertz CT molecular complexity index is 728. The zero-order valence-electron chi connectivity index (χ0n) is 15.1. The molecule has 4 rings (SSSR count). The summed E-state index contributed by atoms with van der Waals surface area (Å²) >= 11 is 0. The molecule has 1 fully saturated rings. The molecule has 2 aromatic rings. The molecule has 2 heterocycles. The van der Waals surface area contributed by atoms with Crippen LogP contribution in [0.3, 0.4) is 0 Å². The standard InChI is InChI=1S/C22H27FN2O/c23-21(18-4-2-1-3-5-18)15-24-11-9-20(10-12-24)25-13-8-19-7-6-17(16-26)14-22(19)25/h1-7,14,20-21,26H,8-13,15-16H2.